The maximum Gasteiger partial charge on any atom is 0.125 e. The van der Waals surface area contributed by atoms with Gasteiger partial charge in [0.2, 0.25) is 0 Å². The van der Waals surface area contributed by atoms with Crippen molar-refractivity contribution in [1.29, 1.82) is 0 Å². The van der Waals surface area contributed by atoms with Gasteiger partial charge in [-0.2, -0.15) is 0 Å². The second-order valence-corrected chi connectivity index (χ2v) is 4.23. The monoisotopic (exact) mass is 253 g/mol. The molecule has 0 radical (unpaired) electrons. The largest absolute Gasteiger partial charge is 0.397 e. The summed E-state index contributed by atoms with van der Waals surface area (Å²) in [4.78, 5) is 4.28. The third-order valence-corrected chi connectivity index (χ3v) is 2.93. The molecule has 0 aliphatic heterocycles. The Kier molecular flexibility index (Phi) is 2.76. The van der Waals surface area contributed by atoms with Crippen molar-refractivity contribution < 1.29 is 4.39 Å². The lowest BCUT2D eigenvalue weighted by Crippen LogP contribution is -1.97. The highest BCUT2D eigenvalue weighted by atomic mass is 19.1. The molecule has 0 aliphatic rings. The molecule has 1 heterocycles. The molecule has 0 aliphatic carbocycles. The van der Waals surface area contributed by atoms with Gasteiger partial charge in [0.1, 0.15) is 5.82 Å². The quantitative estimate of drug-likeness (QED) is 0.685. The summed E-state index contributed by atoms with van der Waals surface area (Å²) in [6.07, 6.45) is 1.74. The van der Waals surface area contributed by atoms with Gasteiger partial charge in [0.05, 0.1) is 16.9 Å². The number of pyridine rings is 1. The predicted octanol–water partition coefficient (Wildman–Crippen LogP) is 3.70. The molecule has 94 valence electrons. The Morgan fingerprint density at radius 1 is 1.00 bits per heavy atom. The van der Waals surface area contributed by atoms with Crippen LogP contribution in [0.4, 0.5) is 21.5 Å². The van der Waals surface area contributed by atoms with Crippen LogP contribution >= 0.6 is 0 Å². The van der Waals surface area contributed by atoms with E-state index in [1.165, 1.54) is 12.1 Å². The van der Waals surface area contributed by atoms with Crippen LogP contribution in [0.5, 0.6) is 0 Å². The summed E-state index contributed by atoms with van der Waals surface area (Å²) in [5, 5.41) is 4.12. The summed E-state index contributed by atoms with van der Waals surface area (Å²) in [6, 6.07) is 13.8. The third kappa shape index (κ3) is 2.20. The molecular weight excluding hydrogens is 241 g/mol. The second-order valence-electron chi connectivity index (χ2n) is 4.23. The number of anilines is 3. The molecule has 3 aromatic rings. The summed E-state index contributed by atoms with van der Waals surface area (Å²) >= 11 is 0. The molecule has 3 rings (SSSR count). The standard InChI is InChI=1S/C15H12FN3/c16-10-6-7-12(17)15(9-10)19-14-5-1-4-13-11(14)3-2-8-18-13/h1-9,19H,17H2. The van der Waals surface area contributed by atoms with E-state index in [0.29, 0.717) is 11.4 Å². The highest BCUT2D eigenvalue weighted by Gasteiger charge is 2.05. The first kappa shape index (κ1) is 11.5. The number of nitrogens with two attached hydrogens (primary N) is 1. The second kappa shape index (κ2) is 4.57. The van der Waals surface area contributed by atoms with Crippen LogP contribution < -0.4 is 11.1 Å². The van der Waals surface area contributed by atoms with Crippen molar-refractivity contribution in [2.45, 2.75) is 0 Å². The molecule has 3 N–H and O–H groups in total. The smallest absolute Gasteiger partial charge is 0.125 e. The molecule has 2 aromatic carbocycles. The molecule has 0 spiro atoms. The van der Waals surface area contributed by atoms with Crippen LogP contribution in [0.3, 0.4) is 0 Å². The Morgan fingerprint density at radius 3 is 2.79 bits per heavy atom. The van der Waals surface area contributed by atoms with Gasteiger partial charge in [0.25, 0.3) is 0 Å². The molecule has 4 heteroatoms. The van der Waals surface area contributed by atoms with Crippen LogP contribution in [0.15, 0.2) is 54.7 Å². The van der Waals surface area contributed by atoms with Gasteiger partial charge in [0, 0.05) is 17.3 Å². The summed E-state index contributed by atoms with van der Waals surface area (Å²) in [5.41, 5.74) is 8.62. The Morgan fingerprint density at radius 2 is 1.89 bits per heavy atom. The average Bonchev–Trinajstić information content (AvgIpc) is 2.43. The van der Waals surface area contributed by atoms with Crippen molar-refractivity contribution in [3.05, 3.63) is 60.5 Å². The van der Waals surface area contributed by atoms with Crippen LogP contribution in [0.1, 0.15) is 0 Å². The Bertz CT molecular complexity index is 735. The van der Waals surface area contributed by atoms with Crippen LogP contribution in [0, 0.1) is 5.82 Å². The van der Waals surface area contributed by atoms with Crippen LogP contribution in [-0.4, -0.2) is 4.98 Å². The first-order valence-electron chi connectivity index (χ1n) is 5.90. The zero-order valence-corrected chi connectivity index (χ0v) is 10.1. The first-order valence-corrected chi connectivity index (χ1v) is 5.90. The van der Waals surface area contributed by atoms with Gasteiger partial charge in [-0.3, -0.25) is 4.98 Å². The Hall–Kier alpha value is -2.62. The molecular formula is C15H12FN3. The lowest BCUT2D eigenvalue weighted by atomic mass is 10.1. The molecule has 0 fully saturated rings. The minimum Gasteiger partial charge on any atom is -0.397 e. The summed E-state index contributed by atoms with van der Waals surface area (Å²) in [6.45, 7) is 0. The summed E-state index contributed by atoms with van der Waals surface area (Å²) in [5.74, 6) is -0.324. The van der Waals surface area contributed by atoms with Gasteiger partial charge in [-0.15, -0.1) is 0 Å². The van der Waals surface area contributed by atoms with E-state index in [1.807, 2.05) is 30.3 Å². The normalized spacial score (nSPS) is 10.6. The fraction of sp³-hybridized carbons (Fsp3) is 0. The number of rotatable bonds is 2. The van der Waals surface area contributed by atoms with Gasteiger partial charge in [0.15, 0.2) is 0 Å². The fourth-order valence-corrected chi connectivity index (χ4v) is 1.99. The summed E-state index contributed by atoms with van der Waals surface area (Å²) < 4.78 is 13.3. The zero-order valence-electron chi connectivity index (χ0n) is 10.1. The van der Waals surface area contributed by atoms with E-state index < -0.39 is 0 Å². The van der Waals surface area contributed by atoms with E-state index >= 15 is 0 Å². The Labute approximate surface area is 109 Å². The van der Waals surface area contributed by atoms with Gasteiger partial charge in [-0.25, -0.2) is 4.39 Å². The average molecular weight is 253 g/mol. The van der Waals surface area contributed by atoms with Crippen LogP contribution in [0.2, 0.25) is 0 Å². The van der Waals surface area contributed by atoms with E-state index in [-0.39, 0.29) is 5.82 Å². The van der Waals surface area contributed by atoms with Crippen molar-refractivity contribution in [2.75, 3.05) is 11.1 Å². The number of nitrogen functional groups attached to an aromatic ring is 1. The predicted molar refractivity (Wildman–Crippen MR) is 75.8 cm³/mol. The number of fused-ring (bicyclic) bond motifs is 1. The first-order chi connectivity index (χ1) is 9.24. The van der Waals surface area contributed by atoms with Crippen molar-refractivity contribution in [3.8, 4) is 0 Å². The molecule has 3 nitrogen and oxygen atoms in total. The lowest BCUT2D eigenvalue weighted by Gasteiger charge is -2.11. The van der Waals surface area contributed by atoms with E-state index in [9.17, 15) is 4.39 Å². The number of nitrogens with zero attached hydrogens (tertiary/aromatic N) is 1. The molecule has 0 saturated heterocycles. The minimum atomic E-state index is -0.324. The van der Waals surface area contributed by atoms with Crippen molar-refractivity contribution >= 4 is 28.0 Å². The number of aromatic nitrogens is 1. The molecule has 1 aromatic heterocycles. The molecule has 0 atom stereocenters. The lowest BCUT2D eigenvalue weighted by molar-refractivity contribution is 0.628. The molecule has 0 amide bonds. The van der Waals surface area contributed by atoms with Gasteiger partial charge in [-0.1, -0.05) is 6.07 Å². The minimum absolute atomic E-state index is 0.324. The topological polar surface area (TPSA) is 50.9 Å². The third-order valence-electron chi connectivity index (χ3n) is 2.93. The van der Waals surface area contributed by atoms with Crippen molar-refractivity contribution in [3.63, 3.8) is 0 Å². The van der Waals surface area contributed by atoms with Gasteiger partial charge in [-0.05, 0) is 42.5 Å². The number of hydrogen-bond acceptors (Lipinski definition) is 3. The zero-order chi connectivity index (χ0) is 13.2. The number of nitrogens with one attached hydrogen (secondary N) is 1. The maximum atomic E-state index is 13.3. The number of halogens is 1. The van der Waals surface area contributed by atoms with E-state index in [1.54, 1.807) is 12.3 Å². The van der Waals surface area contributed by atoms with Crippen LogP contribution in [-0.2, 0) is 0 Å². The highest BCUT2D eigenvalue weighted by molar-refractivity contribution is 5.94. The van der Waals surface area contributed by atoms with E-state index in [4.69, 9.17) is 5.73 Å². The molecule has 19 heavy (non-hydrogen) atoms. The molecule has 0 bridgehead atoms. The van der Waals surface area contributed by atoms with Gasteiger partial charge < -0.3 is 11.1 Å². The molecule has 0 saturated carbocycles. The van der Waals surface area contributed by atoms with Crippen molar-refractivity contribution in [1.82, 2.24) is 4.98 Å². The highest BCUT2D eigenvalue weighted by Crippen LogP contribution is 2.28. The van der Waals surface area contributed by atoms with E-state index in [0.717, 1.165) is 16.6 Å². The van der Waals surface area contributed by atoms with Crippen LogP contribution in [0.25, 0.3) is 10.9 Å². The van der Waals surface area contributed by atoms with Gasteiger partial charge >= 0.3 is 0 Å². The van der Waals surface area contributed by atoms with E-state index in [2.05, 4.69) is 10.3 Å². The molecule has 0 unspecified atom stereocenters. The number of hydrogen-bond donors (Lipinski definition) is 2. The number of benzene rings is 2. The fourth-order valence-electron chi connectivity index (χ4n) is 1.99. The summed E-state index contributed by atoms with van der Waals surface area (Å²) in [7, 11) is 0. The Balaban J connectivity index is 2.08. The van der Waals surface area contributed by atoms with Crippen molar-refractivity contribution in [2.24, 2.45) is 0 Å². The maximum absolute atomic E-state index is 13.3. The SMILES string of the molecule is Nc1ccc(F)cc1Nc1cccc2ncccc12.